The molecule has 3 N–H and O–H groups in total. The lowest BCUT2D eigenvalue weighted by atomic mass is 10.1. The number of nitrogens with zero attached hydrogens (tertiary/aromatic N) is 2. The molecule has 23 heavy (non-hydrogen) atoms. The molecule has 2 heterocycles. The maximum atomic E-state index is 5.22. The Labute approximate surface area is 136 Å². The van der Waals surface area contributed by atoms with Gasteiger partial charge in [-0.3, -0.25) is 0 Å². The monoisotopic (exact) mass is 313 g/mol. The normalized spacial score (nSPS) is 17.7. The molecule has 6 heteroatoms. The second-order valence-electron chi connectivity index (χ2n) is 5.68. The standard InChI is InChI=1S/C17H23N5O/c1-23-12-15-10-16(19-14-8-5-9-18-11-14)22-17(21-15)20-13-6-3-2-4-7-13/h2-4,6-7,10,14,18H,5,8-9,11-12H2,1H3,(H2,19,20,21,22). The number of rotatable bonds is 6. The van der Waals surface area contributed by atoms with Crippen molar-refractivity contribution in [1.82, 2.24) is 15.3 Å². The number of methoxy groups -OCH3 is 1. The Bertz CT molecular complexity index is 614. The van der Waals surface area contributed by atoms with Gasteiger partial charge >= 0.3 is 0 Å². The second-order valence-corrected chi connectivity index (χ2v) is 5.68. The smallest absolute Gasteiger partial charge is 0.229 e. The lowest BCUT2D eigenvalue weighted by Gasteiger charge is -2.24. The van der Waals surface area contributed by atoms with Gasteiger partial charge < -0.3 is 20.7 Å². The predicted octanol–water partition coefficient (Wildman–Crippen LogP) is 2.53. The average Bonchev–Trinajstić information content (AvgIpc) is 2.57. The molecule has 1 aromatic carbocycles. The lowest BCUT2D eigenvalue weighted by molar-refractivity contribution is 0.181. The number of anilines is 3. The molecule has 0 radical (unpaired) electrons. The van der Waals surface area contributed by atoms with Crippen molar-refractivity contribution in [3.8, 4) is 0 Å². The largest absolute Gasteiger partial charge is 0.378 e. The highest BCUT2D eigenvalue weighted by molar-refractivity contribution is 5.55. The van der Waals surface area contributed by atoms with E-state index in [1.54, 1.807) is 7.11 Å². The van der Waals surface area contributed by atoms with Gasteiger partial charge in [0.2, 0.25) is 5.95 Å². The number of piperidine rings is 1. The SMILES string of the molecule is COCc1cc(NC2CCCNC2)nc(Nc2ccccc2)n1. The summed E-state index contributed by atoms with van der Waals surface area (Å²) < 4.78 is 5.22. The minimum absolute atomic E-state index is 0.402. The van der Waals surface area contributed by atoms with Gasteiger partial charge in [-0.15, -0.1) is 0 Å². The van der Waals surface area contributed by atoms with Gasteiger partial charge in [0, 0.05) is 31.5 Å². The third kappa shape index (κ3) is 4.64. The summed E-state index contributed by atoms with van der Waals surface area (Å²) in [5.41, 5.74) is 1.82. The first-order valence-electron chi connectivity index (χ1n) is 8.00. The molecule has 2 aromatic rings. The van der Waals surface area contributed by atoms with Crippen molar-refractivity contribution in [3.05, 3.63) is 42.1 Å². The van der Waals surface area contributed by atoms with E-state index in [-0.39, 0.29) is 0 Å². The topological polar surface area (TPSA) is 71.1 Å². The molecule has 1 unspecified atom stereocenters. The Hall–Kier alpha value is -2.18. The number of aromatic nitrogens is 2. The Kier molecular flexibility index (Phi) is 5.39. The summed E-state index contributed by atoms with van der Waals surface area (Å²) in [6, 6.07) is 12.3. The van der Waals surface area contributed by atoms with E-state index in [1.807, 2.05) is 36.4 Å². The molecule has 0 amide bonds. The van der Waals surface area contributed by atoms with Crippen molar-refractivity contribution < 1.29 is 4.74 Å². The molecule has 1 saturated heterocycles. The molecule has 1 fully saturated rings. The molecular weight excluding hydrogens is 290 g/mol. The summed E-state index contributed by atoms with van der Waals surface area (Å²) in [4.78, 5) is 9.10. The number of hydrogen-bond acceptors (Lipinski definition) is 6. The lowest BCUT2D eigenvalue weighted by Crippen LogP contribution is -2.38. The van der Waals surface area contributed by atoms with Gasteiger partial charge in [-0.05, 0) is 31.5 Å². The van der Waals surface area contributed by atoms with Gasteiger partial charge in [0.25, 0.3) is 0 Å². The van der Waals surface area contributed by atoms with Crippen LogP contribution in [0, 0.1) is 0 Å². The summed E-state index contributed by atoms with van der Waals surface area (Å²) in [6.45, 7) is 2.52. The summed E-state index contributed by atoms with van der Waals surface area (Å²) >= 11 is 0. The van der Waals surface area contributed by atoms with E-state index in [0.29, 0.717) is 18.6 Å². The fourth-order valence-electron chi connectivity index (χ4n) is 2.68. The van der Waals surface area contributed by atoms with Crippen molar-refractivity contribution in [2.75, 3.05) is 30.8 Å². The van der Waals surface area contributed by atoms with E-state index >= 15 is 0 Å². The highest BCUT2D eigenvalue weighted by atomic mass is 16.5. The van der Waals surface area contributed by atoms with Crippen LogP contribution in [-0.2, 0) is 11.3 Å². The van der Waals surface area contributed by atoms with Crippen LogP contribution in [0.15, 0.2) is 36.4 Å². The van der Waals surface area contributed by atoms with Crippen molar-refractivity contribution in [2.24, 2.45) is 0 Å². The van der Waals surface area contributed by atoms with Gasteiger partial charge in [0.1, 0.15) is 5.82 Å². The van der Waals surface area contributed by atoms with Crippen LogP contribution >= 0.6 is 0 Å². The number of benzene rings is 1. The van der Waals surface area contributed by atoms with E-state index in [1.165, 1.54) is 6.42 Å². The Balaban J connectivity index is 1.77. The summed E-state index contributed by atoms with van der Waals surface area (Å²) in [5, 5.41) is 10.1. The minimum Gasteiger partial charge on any atom is -0.378 e. The maximum Gasteiger partial charge on any atom is 0.229 e. The van der Waals surface area contributed by atoms with Gasteiger partial charge in [-0.2, -0.15) is 4.98 Å². The van der Waals surface area contributed by atoms with E-state index in [9.17, 15) is 0 Å². The number of ether oxygens (including phenoxy) is 1. The molecule has 1 atom stereocenters. The van der Waals surface area contributed by atoms with Crippen molar-refractivity contribution in [2.45, 2.75) is 25.5 Å². The van der Waals surface area contributed by atoms with E-state index in [2.05, 4.69) is 25.9 Å². The van der Waals surface area contributed by atoms with E-state index in [4.69, 9.17) is 4.74 Å². The molecular formula is C17H23N5O. The Morgan fingerprint density at radius 1 is 1.26 bits per heavy atom. The van der Waals surface area contributed by atoms with Crippen LogP contribution in [0.25, 0.3) is 0 Å². The molecule has 0 aliphatic carbocycles. The number of para-hydroxylation sites is 1. The molecule has 0 saturated carbocycles. The molecule has 1 aromatic heterocycles. The predicted molar refractivity (Wildman–Crippen MR) is 92.0 cm³/mol. The van der Waals surface area contributed by atoms with Crippen LogP contribution in [0.1, 0.15) is 18.5 Å². The van der Waals surface area contributed by atoms with Gasteiger partial charge in [0.15, 0.2) is 0 Å². The molecule has 122 valence electrons. The third-order valence-corrected chi connectivity index (χ3v) is 3.75. The first-order valence-corrected chi connectivity index (χ1v) is 8.00. The first-order chi connectivity index (χ1) is 11.3. The fourth-order valence-corrected chi connectivity index (χ4v) is 2.68. The zero-order valence-corrected chi connectivity index (χ0v) is 13.4. The summed E-state index contributed by atoms with van der Waals surface area (Å²) in [7, 11) is 1.67. The van der Waals surface area contributed by atoms with Gasteiger partial charge in [-0.1, -0.05) is 18.2 Å². The summed E-state index contributed by atoms with van der Waals surface area (Å²) in [5.74, 6) is 1.41. The minimum atomic E-state index is 0.402. The fraction of sp³-hybridized carbons (Fsp3) is 0.412. The van der Waals surface area contributed by atoms with E-state index < -0.39 is 0 Å². The zero-order chi connectivity index (χ0) is 15.9. The molecule has 3 rings (SSSR count). The quantitative estimate of drug-likeness (QED) is 0.761. The number of hydrogen-bond donors (Lipinski definition) is 3. The van der Waals surface area contributed by atoms with Crippen LogP contribution in [-0.4, -0.2) is 36.2 Å². The molecule has 0 spiro atoms. The Morgan fingerprint density at radius 2 is 2.13 bits per heavy atom. The van der Waals surface area contributed by atoms with Crippen LogP contribution in [0.5, 0.6) is 0 Å². The van der Waals surface area contributed by atoms with E-state index in [0.717, 1.165) is 36.7 Å². The van der Waals surface area contributed by atoms with Gasteiger partial charge in [-0.25, -0.2) is 4.98 Å². The highest BCUT2D eigenvalue weighted by Gasteiger charge is 2.14. The highest BCUT2D eigenvalue weighted by Crippen LogP contribution is 2.18. The first kappa shape index (κ1) is 15.7. The third-order valence-electron chi connectivity index (χ3n) is 3.75. The maximum absolute atomic E-state index is 5.22. The second kappa shape index (κ2) is 7.89. The van der Waals surface area contributed by atoms with Crippen LogP contribution in [0.4, 0.5) is 17.5 Å². The van der Waals surface area contributed by atoms with Gasteiger partial charge in [0.05, 0.1) is 12.3 Å². The number of nitrogens with one attached hydrogen (secondary N) is 3. The molecule has 1 aliphatic heterocycles. The van der Waals surface area contributed by atoms with Crippen molar-refractivity contribution in [1.29, 1.82) is 0 Å². The van der Waals surface area contributed by atoms with Crippen molar-refractivity contribution >= 4 is 17.5 Å². The zero-order valence-electron chi connectivity index (χ0n) is 13.4. The molecule has 0 bridgehead atoms. The molecule has 6 nitrogen and oxygen atoms in total. The van der Waals surface area contributed by atoms with Crippen molar-refractivity contribution in [3.63, 3.8) is 0 Å². The van der Waals surface area contributed by atoms with Crippen LogP contribution < -0.4 is 16.0 Å². The Morgan fingerprint density at radius 3 is 2.87 bits per heavy atom. The average molecular weight is 313 g/mol. The van der Waals surface area contributed by atoms with Crippen LogP contribution in [0.3, 0.4) is 0 Å². The van der Waals surface area contributed by atoms with Crippen LogP contribution in [0.2, 0.25) is 0 Å². The molecule has 1 aliphatic rings. The summed E-state index contributed by atoms with van der Waals surface area (Å²) in [6.07, 6.45) is 2.33.